The molecule has 2 aromatic rings. The second-order valence-corrected chi connectivity index (χ2v) is 12.3. The third-order valence-corrected chi connectivity index (χ3v) is 8.98. The van der Waals surface area contributed by atoms with Gasteiger partial charge in [0.25, 0.3) is 5.56 Å². The Kier molecular flexibility index (Phi) is 8.76. The van der Waals surface area contributed by atoms with Crippen molar-refractivity contribution in [2.45, 2.75) is 82.2 Å². The molecule has 3 N–H and O–H groups in total. The van der Waals surface area contributed by atoms with Gasteiger partial charge in [0.1, 0.15) is 24.4 Å². The topological polar surface area (TPSA) is 177 Å². The van der Waals surface area contributed by atoms with Gasteiger partial charge in [-0.05, 0) is 51.7 Å². The number of carbonyl (C=O) groups excluding carboxylic acids is 1. The minimum atomic E-state index is -4.48. The summed E-state index contributed by atoms with van der Waals surface area (Å²) in [4.78, 5) is 38.6. The third kappa shape index (κ3) is 6.40. The SMILES string of the molecule is C[C@H](N[P@](=O)(OC[C@H]1O[C@@H](n2ccc(=O)[nH]c2=O)[C@](C)(F)[C@@H]1O)Oc1cccc2c1OCO2)C(=O)OC1CCCCC1. The normalized spacial score (nSPS) is 27.8. The zero-order chi connectivity index (χ0) is 30.1. The number of nitrogens with one attached hydrogen (secondary N) is 2. The van der Waals surface area contributed by atoms with Gasteiger partial charge in [0.15, 0.2) is 23.4 Å². The van der Waals surface area contributed by atoms with Gasteiger partial charge < -0.3 is 28.6 Å². The number of H-pyrrole nitrogens is 1. The molecule has 0 unspecified atom stereocenters. The van der Waals surface area contributed by atoms with Crippen LogP contribution in [0.1, 0.15) is 52.2 Å². The van der Waals surface area contributed by atoms with Crippen LogP contribution in [-0.2, 0) is 23.4 Å². The zero-order valence-electron chi connectivity index (χ0n) is 23.0. The highest BCUT2D eigenvalue weighted by Crippen LogP contribution is 2.52. The van der Waals surface area contributed by atoms with Crippen LogP contribution in [0.5, 0.6) is 17.2 Å². The van der Waals surface area contributed by atoms with E-state index in [1.165, 1.54) is 13.0 Å². The summed E-state index contributed by atoms with van der Waals surface area (Å²) in [6.45, 7) is 1.66. The standard InChI is InChI=1S/C26H33FN3O11P/c1-15(23(33)39-16-7-4-3-5-8-16)29-42(35,41-18-10-6-9-17-21(18)37-14-36-17)38-13-19-22(32)26(2,27)24(40-19)30-12-11-20(31)28-25(30)34/h6,9-12,15-16,19,22,24,32H,3-5,7-8,13-14H2,1-2H3,(H,29,35)(H,28,31,34)/t15-,19+,22+,24+,26+,42-/m0/s1. The number of hydrogen-bond donors (Lipinski definition) is 3. The van der Waals surface area contributed by atoms with Crippen molar-refractivity contribution in [3.63, 3.8) is 0 Å². The summed E-state index contributed by atoms with van der Waals surface area (Å²) in [5.74, 6) is -0.194. The molecule has 0 bridgehead atoms. The maximum absolute atomic E-state index is 15.7. The summed E-state index contributed by atoms with van der Waals surface area (Å²) in [5.41, 5.74) is -4.17. The van der Waals surface area contributed by atoms with Gasteiger partial charge in [-0.1, -0.05) is 12.5 Å². The number of fused-ring (bicyclic) bond motifs is 1. The molecule has 2 aliphatic heterocycles. The van der Waals surface area contributed by atoms with Crippen LogP contribution in [0.15, 0.2) is 40.1 Å². The average molecular weight is 614 g/mol. The van der Waals surface area contributed by atoms with E-state index in [0.717, 1.165) is 55.9 Å². The van der Waals surface area contributed by atoms with E-state index in [1.807, 2.05) is 4.98 Å². The molecule has 3 aliphatic rings. The highest BCUT2D eigenvalue weighted by atomic mass is 31.2. The number of aromatic nitrogens is 2. The predicted octanol–water partition coefficient (Wildman–Crippen LogP) is 2.31. The van der Waals surface area contributed by atoms with Gasteiger partial charge in [0, 0.05) is 12.3 Å². The first kappa shape index (κ1) is 30.2. The molecule has 42 heavy (non-hydrogen) atoms. The molecule has 6 atom stereocenters. The maximum Gasteiger partial charge on any atom is 0.459 e. The largest absolute Gasteiger partial charge is 0.461 e. The van der Waals surface area contributed by atoms with Crippen LogP contribution < -0.4 is 30.3 Å². The fourth-order valence-corrected chi connectivity index (χ4v) is 6.57. The highest BCUT2D eigenvalue weighted by molar-refractivity contribution is 7.52. The molecule has 2 fully saturated rings. The summed E-state index contributed by atoms with van der Waals surface area (Å²) in [6.07, 6.45) is 0.259. The second kappa shape index (κ2) is 12.2. The Morgan fingerprint density at radius 2 is 2.02 bits per heavy atom. The van der Waals surface area contributed by atoms with Crippen molar-refractivity contribution < 1.29 is 46.9 Å². The lowest BCUT2D eigenvalue weighted by molar-refractivity contribution is -0.152. The Morgan fingerprint density at radius 1 is 1.26 bits per heavy atom. The molecule has 5 rings (SSSR count). The van der Waals surface area contributed by atoms with E-state index in [-0.39, 0.29) is 24.4 Å². The molecule has 1 aliphatic carbocycles. The number of hydrogen-bond acceptors (Lipinski definition) is 11. The number of benzene rings is 1. The predicted molar refractivity (Wildman–Crippen MR) is 143 cm³/mol. The number of ether oxygens (including phenoxy) is 4. The Hall–Kier alpha value is -3.23. The number of aliphatic hydroxyl groups excluding tert-OH is 1. The molecule has 1 saturated heterocycles. The van der Waals surface area contributed by atoms with Gasteiger partial charge in [-0.3, -0.25) is 23.7 Å². The number of aliphatic hydroxyl groups is 1. The molecule has 0 radical (unpaired) electrons. The minimum Gasteiger partial charge on any atom is -0.461 e. The Morgan fingerprint density at radius 3 is 2.76 bits per heavy atom. The van der Waals surface area contributed by atoms with E-state index in [1.54, 1.807) is 12.1 Å². The number of nitrogens with zero attached hydrogens (tertiary/aromatic N) is 1. The number of esters is 1. The van der Waals surface area contributed by atoms with Crippen molar-refractivity contribution in [2.75, 3.05) is 13.4 Å². The van der Waals surface area contributed by atoms with Crippen LogP contribution in [0, 0.1) is 0 Å². The summed E-state index contributed by atoms with van der Waals surface area (Å²) in [6, 6.07) is 4.48. The Labute approximate surface area is 239 Å². The van der Waals surface area contributed by atoms with Gasteiger partial charge in [-0.15, -0.1) is 0 Å². The zero-order valence-corrected chi connectivity index (χ0v) is 23.9. The van der Waals surface area contributed by atoms with Crippen molar-refractivity contribution in [3.8, 4) is 17.2 Å². The van der Waals surface area contributed by atoms with Crippen molar-refractivity contribution in [3.05, 3.63) is 51.3 Å². The number of carbonyl (C=O) groups is 1. The number of rotatable bonds is 10. The number of para-hydroxylation sites is 1. The molecule has 1 aromatic carbocycles. The van der Waals surface area contributed by atoms with Gasteiger partial charge in [-0.2, -0.15) is 5.09 Å². The van der Waals surface area contributed by atoms with E-state index in [2.05, 4.69) is 5.09 Å². The van der Waals surface area contributed by atoms with E-state index in [0.29, 0.717) is 5.75 Å². The molecular weight excluding hydrogens is 580 g/mol. The highest BCUT2D eigenvalue weighted by Gasteiger charge is 2.56. The van der Waals surface area contributed by atoms with E-state index in [9.17, 15) is 24.1 Å². The molecule has 1 aromatic heterocycles. The molecule has 14 nitrogen and oxygen atoms in total. The van der Waals surface area contributed by atoms with Crippen LogP contribution >= 0.6 is 7.75 Å². The van der Waals surface area contributed by atoms with Gasteiger partial charge >= 0.3 is 19.4 Å². The molecule has 16 heteroatoms. The van der Waals surface area contributed by atoms with E-state index >= 15 is 4.39 Å². The first-order chi connectivity index (χ1) is 20.0. The van der Waals surface area contributed by atoms with Crippen molar-refractivity contribution in [1.29, 1.82) is 0 Å². The molecule has 3 heterocycles. The quantitative estimate of drug-likeness (QED) is 0.264. The Balaban J connectivity index is 1.34. The monoisotopic (exact) mass is 613 g/mol. The molecule has 230 valence electrons. The Bertz CT molecular complexity index is 1460. The van der Waals surface area contributed by atoms with Crippen LogP contribution in [0.4, 0.5) is 4.39 Å². The van der Waals surface area contributed by atoms with Gasteiger partial charge in [-0.25, -0.2) is 13.8 Å². The minimum absolute atomic E-state index is 0.0189. The third-order valence-electron chi connectivity index (χ3n) is 7.35. The van der Waals surface area contributed by atoms with Crippen LogP contribution in [0.3, 0.4) is 0 Å². The van der Waals surface area contributed by atoms with Crippen molar-refractivity contribution in [2.24, 2.45) is 0 Å². The fourth-order valence-electron chi connectivity index (χ4n) is 5.07. The number of aromatic amines is 1. The lowest BCUT2D eigenvalue weighted by Gasteiger charge is -2.27. The lowest BCUT2D eigenvalue weighted by Crippen LogP contribution is -2.44. The first-order valence-corrected chi connectivity index (χ1v) is 15.2. The molecule has 0 amide bonds. The summed E-state index contributed by atoms with van der Waals surface area (Å²) in [5, 5.41) is 13.3. The first-order valence-electron chi connectivity index (χ1n) is 13.6. The van der Waals surface area contributed by atoms with Crippen LogP contribution in [-0.4, -0.2) is 64.0 Å². The van der Waals surface area contributed by atoms with Crippen LogP contribution in [0.2, 0.25) is 0 Å². The van der Waals surface area contributed by atoms with Gasteiger partial charge in [0.05, 0.1) is 6.61 Å². The second-order valence-electron chi connectivity index (χ2n) is 10.6. The van der Waals surface area contributed by atoms with E-state index < -0.39 is 61.7 Å². The smallest absolute Gasteiger partial charge is 0.459 e. The van der Waals surface area contributed by atoms with Gasteiger partial charge in [0.2, 0.25) is 12.5 Å². The maximum atomic E-state index is 15.7. The van der Waals surface area contributed by atoms with E-state index in [4.69, 9.17) is 28.0 Å². The fraction of sp³-hybridized carbons (Fsp3) is 0.577. The number of alkyl halides is 1. The summed E-state index contributed by atoms with van der Waals surface area (Å²) >= 11 is 0. The summed E-state index contributed by atoms with van der Waals surface area (Å²) in [7, 11) is -4.48. The molecule has 0 spiro atoms. The molecular formula is C26H33FN3O11P. The average Bonchev–Trinajstić information content (AvgIpc) is 3.52. The summed E-state index contributed by atoms with van der Waals surface area (Å²) < 4.78 is 63.8. The number of halogens is 1. The molecule has 1 saturated carbocycles. The van der Waals surface area contributed by atoms with Crippen LogP contribution in [0.25, 0.3) is 0 Å². The van der Waals surface area contributed by atoms with Crippen molar-refractivity contribution >= 4 is 13.7 Å². The van der Waals surface area contributed by atoms with Crippen molar-refractivity contribution in [1.82, 2.24) is 14.6 Å². The lowest BCUT2D eigenvalue weighted by atomic mass is 9.98.